The highest BCUT2D eigenvalue weighted by molar-refractivity contribution is 6.52. The van der Waals surface area contributed by atoms with E-state index in [2.05, 4.69) is 0 Å². The smallest absolute Gasteiger partial charge is 0.307 e. The molecule has 0 spiro atoms. The van der Waals surface area contributed by atoms with Crippen molar-refractivity contribution < 1.29 is 19.1 Å². The lowest BCUT2D eigenvalue weighted by Crippen LogP contribution is -2.32. The Hall–Kier alpha value is -2.68. The summed E-state index contributed by atoms with van der Waals surface area (Å²) in [4.78, 5) is 36.3. The van der Waals surface area contributed by atoms with Gasteiger partial charge in [-0.25, -0.2) is 0 Å². The van der Waals surface area contributed by atoms with Gasteiger partial charge >= 0.3 is 5.97 Å². The maximum Gasteiger partial charge on any atom is 0.307 e. The number of rotatable bonds is 4. The Balaban J connectivity index is 2.21. The van der Waals surface area contributed by atoms with Crippen molar-refractivity contribution in [3.05, 3.63) is 29.3 Å². The molecule has 102 valence electrons. The van der Waals surface area contributed by atoms with Gasteiger partial charge in [0.25, 0.3) is 11.7 Å². The van der Waals surface area contributed by atoms with Gasteiger partial charge in [-0.05, 0) is 25.1 Å². The van der Waals surface area contributed by atoms with Crippen molar-refractivity contribution in [1.29, 1.82) is 5.26 Å². The molecule has 0 saturated carbocycles. The van der Waals surface area contributed by atoms with Crippen molar-refractivity contribution >= 4 is 23.3 Å². The Labute approximate surface area is 115 Å². The fraction of sp³-hybridized carbons (Fsp3) is 0.286. The summed E-state index contributed by atoms with van der Waals surface area (Å²) in [7, 11) is 0. The van der Waals surface area contributed by atoms with Crippen LogP contribution in [0.25, 0.3) is 0 Å². The van der Waals surface area contributed by atoms with Crippen LogP contribution in [0, 0.1) is 11.3 Å². The number of carbonyl (C=O) groups is 3. The van der Waals surface area contributed by atoms with E-state index in [1.807, 2.05) is 6.07 Å². The van der Waals surface area contributed by atoms with Crippen LogP contribution in [0.3, 0.4) is 0 Å². The molecular weight excluding hydrogens is 260 g/mol. The lowest BCUT2D eigenvalue weighted by molar-refractivity contribution is -0.142. The van der Waals surface area contributed by atoms with Gasteiger partial charge in [0.15, 0.2) is 0 Å². The molecule has 0 unspecified atom stereocenters. The number of nitrogens with zero attached hydrogens (tertiary/aromatic N) is 2. The number of fused-ring (bicyclic) bond motifs is 1. The van der Waals surface area contributed by atoms with Gasteiger partial charge in [0.1, 0.15) is 0 Å². The van der Waals surface area contributed by atoms with Gasteiger partial charge in [0, 0.05) is 6.54 Å². The average molecular weight is 272 g/mol. The second-order valence-corrected chi connectivity index (χ2v) is 4.18. The highest BCUT2D eigenvalue weighted by Crippen LogP contribution is 2.29. The number of Topliss-reactive ketones (excluding diaryl/α,β-unsaturated/α-hetero) is 1. The van der Waals surface area contributed by atoms with Crippen LogP contribution < -0.4 is 4.90 Å². The maximum atomic E-state index is 11.9. The zero-order chi connectivity index (χ0) is 14.7. The predicted octanol–water partition coefficient (Wildman–Crippen LogP) is 1.04. The van der Waals surface area contributed by atoms with E-state index in [0.717, 1.165) is 0 Å². The van der Waals surface area contributed by atoms with Crippen molar-refractivity contribution in [2.45, 2.75) is 13.3 Å². The van der Waals surface area contributed by atoms with Crippen molar-refractivity contribution in [2.24, 2.45) is 0 Å². The fourth-order valence-electron chi connectivity index (χ4n) is 2.03. The number of benzene rings is 1. The maximum absolute atomic E-state index is 11.9. The molecule has 0 atom stereocenters. The molecule has 20 heavy (non-hydrogen) atoms. The van der Waals surface area contributed by atoms with Crippen LogP contribution >= 0.6 is 0 Å². The Bertz CT molecular complexity index is 631. The van der Waals surface area contributed by atoms with E-state index in [-0.39, 0.29) is 25.1 Å². The molecule has 0 saturated heterocycles. The molecule has 0 fully saturated rings. The van der Waals surface area contributed by atoms with Crippen LogP contribution in [0.1, 0.15) is 29.3 Å². The summed E-state index contributed by atoms with van der Waals surface area (Å²) in [5.74, 6) is -1.75. The van der Waals surface area contributed by atoms with Gasteiger partial charge in [-0.15, -0.1) is 0 Å². The molecule has 1 amide bonds. The lowest BCUT2D eigenvalue weighted by Gasteiger charge is -2.15. The first-order chi connectivity index (χ1) is 9.58. The highest BCUT2D eigenvalue weighted by atomic mass is 16.5. The first kappa shape index (κ1) is 13.7. The van der Waals surface area contributed by atoms with Crippen molar-refractivity contribution in [2.75, 3.05) is 18.1 Å². The Morgan fingerprint density at radius 2 is 2.15 bits per heavy atom. The van der Waals surface area contributed by atoms with Crippen LogP contribution in [-0.2, 0) is 14.3 Å². The second-order valence-electron chi connectivity index (χ2n) is 4.18. The predicted molar refractivity (Wildman–Crippen MR) is 69.1 cm³/mol. The van der Waals surface area contributed by atoms with Crippen molar-refractivity contribution in [3.63, 3.8) is 0 Å². The molecule has 1 aromatic carbocycles. The van der Waals surface area contributed by atoms with Crippen LogP contribution in [0.2, 0.25) is 0 Å². The van der Waals surface area contributed by atoms with Crippen LogP contribution in [0.4, 0.5) is 5.69 Å². The van der Waals surface area contributed by atoms with Gasteiger partial charge in [0.05, 0.1) is 35.9 Å². The van der Waals surface area contributed by atoms with Crippen LogP contribution in [0.5, 0.6) is 0 Å². The summed E-state index contributed by atoms with van der Waals surface area (Å²) in [5, 5.41) is 8.80. The van der Waals surface area contributed by atoms with Crippen LogP contribution in [-0.4, -0.2) is 30.8 Å². The van der Waals surface area contributed by atoms with E-state index in [0.29, 0.717) is 11.3 Å². The molecule has 1 aliphatic heterocycles. The van der Waals surface area contributed by atoms with E-state index < -0.39 is 17.7 Å². The third-order valence-electron chi connectivity index (χ3n) is 2.95. The first-order valence-electron chi connectivity index (χ1n) is 6.14. The highest BCUT2D eigenvalue weighted by Gasteiger charge is 2.35. The minimum atomic E-state index is -0.681. The number of nitriles is 1. The Morgan fingerprint density at radius 1 is 1.40 bits per heavy atom. The summed E-state index contributed by atoms with van der Waals surface area (Å²) in [6.07, 6.45) is 0.0201. The number of esters is 1. The van der Waals surface area contributed by atoms with Gasteiger partial charge in [-0.1, -0.05) is 0 Å². The molecule has 0 N–H and O–H groups in total. The number of ketones is 1. The normalized spacial score (nSPS) is 13.1. The first-order valence-corrected chi connectivity index (χ1v) is 6.14. The third kappa shape index (κ3) is 2.38. The van der Waals surface area contributed by atoms with E-state index >= 15 is 0 Å². The summed E-state index contributed by atoms with van der Waals surface area (Å²) in [6.45, 7) is 2.05. The minimum absolute atomic E-state index is 0.0201. The largest absolute Gasteiger partial charge is 0.466 e. The summed E-state index contributed by atoms with van der Waals surface area (Å²) >= 11 is 0. The van der Waals surface area contributed by atoms with Crippen molar-refractivity contribution in [1.82, 2.24) is 0 Å². The minimum Gasteiger partial charge on any atom is -0.466 e. The standard InChI is InChI=1S/C14H12N2O4/c1-2-20-12(17)5-6-16-11-4-3-9(8-15)7-10(11)13(18)14(16)19/h3-4,7H,2,5-6H2,1H3. The summed E-state index contributed by atoms with van der Waals surface area (Å²) in [6, 6.07) is 6.38. The van der Waals surface area contributed by atoms with Gasteiger partial charge in [-0.3, -0.25) is 14.4 Å². The average Bonchev–Trinajstić information content (AvgIpc) is 2.69. The SMILES string of the molecule is CCOC(=O)CCN1C(=O)C(=O)c2cc(C#N)ccc21. The molecule has 0 radical (unpaired) electrons. The molecule has 2 rings (SSSR count). The summed E-state index contributed by atoms with van der Waals surface area (Å²) in [5.41, 5.74) is 0.957. The number of hydrogen-bond acceptors (Lipinski definition) is 5. The Kier molecular flexibility index (Phi) is 3.80. The zero-order valence-corrected chi connectivity index (χ0v) is 10.9. The van der Waals surface area contributed by atoms with Gasteiger partial charge in [0.2, 0.25) is 0 Å². The third-order valence-corrected chi connectivity index (χ3v) is 2.95. The topological polar surface area (TPSA) is 87.5 Å². The molecule has 1 aromatic rings. The molecule has 6 heteroatoms. The molecule has 6 nitrogen and oxygen atoms in total. The van der Waals surface area contributed by atoms with E-state index in [1.54, 1.807) is 13.0 Å². The van der Waals surface area contributed by atoms with E-state index in [4.69, 9.17) is 10.00 Å². The van der Waals surface area contributed by atoms with E-state index in [9.17, 15) is 14.4 Å². The zero-order valence-electron chi connectivity index (χ0n) is 10.9. The number of hydrogen-bond donors (Lipinski definition) is 0. The molecule has 0 aromatic heterocycles. The monoisotopic (exact) mass is 272 g/mol. The van der Waals surface area contributed by atoms with E-state index in [1.165, 1.54) is 17.0 Å². The number of carbonyl (C=O) groups excluding carboxylic acids is 3. The Morgan fingerprint density at radius 3 is 2.80 bits per heavy atom. The molecular formula is C14H12N2O4. The number of ether oxygens (including phenoxy) is 1. The fourth-order valence-corrected chi connectivity index (χ4v) is 2.03. The van der Waals surface area contributed by atoms with Crippen LogP contribution in [0.15, 0.2) is 18.2 Å². The quantitative estimate of drug-likeness (QED) is 0.603. The molecule has 1 aliphatic rings. The number of amides is 1. The van der Waals surface area contributed by atoms with Gasteiger partial charge < -0.3 is 9.64 Å². The molecule has 0 bridgehead atoms. The molecule has 0 aliphatic carbocycles. The molecule has 1 heterocycles. The van der Waals surface area contributed by atoms with Gasteiger partial charge in [-0.2, -0.15) is 5.26 Å². The van der Waals surface area contributed by atoms with Crippen molar-refractivity contribution in [3.8, 4) is 6.07 Å². The lowest BCUT2D eigenvalue weighted by atomic mass is 10.1. The number of anilines is 1. The summed E-state index contributed by atoms with van der Waals surface area (Å²) < 4.78 is 4.78. The second kappa shape index (κ2) is 5.53.